The van der Waals surface area contributed by atoms with E-state index in [1.165, 1.54) is 0 Å². The van der Waals surface area contributed by atoms with E-state index in [1.54, 1.807) is 12.1 Å². The van der Waals surface area contributed by atoms with Crippen molar-refractivity contribution in [1.82, 2.24) is 5.32 Å². The summed E-state index contributed by atoms with van der Waals surface area (Å²) in [6, 6.07) is 7.10. The van der Waals surface area contributed by atoms with E-state index in [0.717, 1.165) is 11.1 Å². The fourth-order valence-corrected chi connectivity index (χ4v) is 2.41. The number of hydrogen-bond donors (Lipinski definition) is 1. The van der Waals surface area contributed by atoms with E-state index in [4.69, 9.17) is 0 Å². The Morgan fingerprint density at radius 2 is 1.81 bits per heavy atom. The molecule has 1 aliphatic heterocycles. The van der Waals surface area contributed by atoms with Gasteiger partial charge in [-0.2, -0.15) is 0 Å². The lowest BCUT2D eigenvalue weighted by Gasteiger charge is -2.22. The third-order valence-corrected chi connectivity index (χ3v) is 3.58. The zero-order chi connectivity index (χ0) is 15.6. The largest absolute Gasteiger partial charge is 0.296 e. The van der Waals surface area contributed by atoms with Crippen LogP contribution in [0.5, 0.6) is 0 Å². The van der Waals surface area contributed by atoms with Gasteiger partial charge in [-0.15, -0.1) is 0 Å². The molecule has 1 atom stereocenters. The molecule has 0 saturated carbocycles. The fraction of sp³-hybridized carbons (Fsp3) is 0.235. The molecule has 4 heteroatoms. The van der Waals surface area contributed by atoms with Gasteiger partial charge in [-0.05, 0) is 18.9 Å². The molecule has 2 amide bonds. The van der Waals surface area contributed by atoms with E-state index in [2.05, 4.69) is 18.5 Å². The molecular formula is C17H17NO3. The predicted molar refractivity (Wildman–Crippen MR) is 80.5 cm³/mol. The molecule has 4 nitrogen and oxygen atoms in total. The summed E-state index contributed by atoms with van der Waals surface area (Å²) < 4.78 is 0. The number of rotatable bonds is 4. The van der Waals surface area contributed by atoms with Crippen LogP contribution in [0.4, 0.5) is 0 Å². The first-order valence-electron chi connectivity index (χ1n) is 6.74. The molecule has 1 aromatic rings. The van der Waals surface area contributed by atoms with E-state index in [9.17, 15) is 14.4 Å². The monoisotopic (exact) mass is 283 g/mol. The fourth-order valence-electron chi connectivity index (χ4n) is 2.41. The lowest BCUT2D eigenvalue weighted by molar-refractivity contribution is -0.135. The number of allylic oxidation sites excluding steroid dienone is 1. The van der Waals surface area contributed by atoms with E-state index in [1.807, 2.05) is 19.1 Å². The Morgan fingerprint density at radius 1 is 1.19 bits per heavy atom. The van der Waals surface area contributed by atoms with Crippen molar-refractivity contribution in [2.24, 2.45) is 5.92 Å². The maximum absolute atomic E-state index is 12.6. The Labute approximate surface area is 123 Å². The zero-order valence-corrected chi connectivity index (χ0v) is 11.9. The highest BCUT2D eigenvalue weighted by Crippen LogP contribution is 2.26. The number of benzene rings is 1. The van der Waals surface area contributed by atoms with Gasteiger partial charge in [0.25, 0.3) is 0 Å². The zero-order valence-electron chi connectivity index (χ0n) is 11.9. The molecule has 0 aliphatic carbocycles. The Bertz CT molecular complexity index is 658. The number of imide groups is 1. The Kier molecular flexibility index (Phi) is 4.17. The summed E-state index contributed by atoms with van der Waals surface area (Å²) >= 11 is 0. The third-order valence-electron chi connectivity index (χ3n) is 3.58. The van der Waals surface area contributed by atoms with Crippen molar-refractivity contribution in [3.05, 3.63) is 54.1 Å². The molecule has 1 aromatic carbocycles. The summed E-state index contributed by atoms with van der Waals surface area (Å²) in [5.74, 6) is -1.67. The van der Waals surface area contributed by atoms with E-state index < -0.39 is 11.8 Å². The standard InChI is InChI=1S/C17H17NO3/c1-10(2)12-6-4-5-7-14(12)16(20)11(3)13-8-9-15(19)18-17(13)21/h4-7,13H,1,3,8-9H2,2H3,(H,18,19,21). The predicted octanol–water partition coefficient (Wildman–Crippen LogP) is 2.51. The molecule has 2 rings (SSSR count). The molecule has 1 aliphatic rings. The molecule has 21 heavy (non-hydrogen) atoms. The molecule has 1 unspecified atom stereocenters. The summed E-state index contributed by atoms with van der Waals surface area (Å²) in [7, 11) is 0. The number of Topliss-reactive ketones (excluding diaryl/α,β-unsaturated/α-hetero) is 1. The highest BCUT2D eigenvalue weighted by Gasteiger charge is 2.32. The van der Waals surface area contributed by atoms with Crippen LogP contribution in [0.2, 0.25) is 0 Å². The van der Waals surface area contributed by atoms with Crippen LogP contribution in [0.1, 0.15) is 35.7 Å². The Balaban J connectivity index is 2.28. The van der Waals surface area contributed by atoms with E-state index in [0.29, 0.717) is 12.0 Å². The molecule has 0 bridgehead atoms. The van der Waals surface area contributed by atoms with Gasteiger partial charge in [0.05, 0.1) is 5.92 Å². The quantitative estimate of drug-likeness (QED) is 0.524. The lowest BCUT2D eigenvalue weighted by Crippen LogP contribution is -2.42. The third kappa shape index (κ3) is 2.99. The van der Waals surface area contributed by atoms with Crippen LogP contribution in [-0.4, -0.2) is 17.6 Å². The van der Waals surface area contributed by atoms with Crippen molar-refractivity contribution >= 4 is 23.2 Å². The first-order valence-corrected chi connectivity index (χ1v) is 6.74. The molecule has 0 radical (unpaired) electrons. The Hall–Kier alpha value is -2.49. The molecule has 1 N–H and O–H groups in total. The van der Waals surface area contributed by atoms with Gasteiger partial charge in [0.15, 0.2) is 5.78 Å². The minimum atomic E-state index is -0.645. The summed E-state index contributed by atoms with van der Waals surface area (Å²) in [6.07, 6.45) is 0.551. The molecule has 0 aromatic heterocycles. The van der Waals surface area contributed by atoms with Crippen molar-refractivity contribution in [2.45, 2.75) is 19.8 Å². The van der Waals surface area contributed by atoms with Crippen molar-refractivity contribution in [1.29, 1.82) is 0 Å². The van der Waals surface area contributed by atoms with Gasteiger partial charge in [0.1, 0.15) is 0 Å². The molecule has 1 fully saturated rings. The highest BCUT2D eigenvalue weighted by molar-refractivity contribution is 6.15. The van der Waals surface area contributed by atoms with Crippen molar-refractivity contribution in [2.75, 3.05) is 0 Å². The highest BCUT2D eigenvalue weighted by atomic mass is 16.2. The second-order valence-electron chi connectivity index (χ2n) is 5.18. The van der Waals surface area contributed by atoms with Crippen molar-refractivity contribution < 1.29 is 14.4 Å². The summed E-state index contributed by atoms with van der Waals surface area (Å²) in [5.41, 5.74) is 2.22. The number of nitrogens with one attached hydrogen (secondary N) is 1. The van der Waals surface area contributed by atoms with Crippen LogP contribution < -0.4 is 5.32 Å². The van der Waals surface area contributed by atoms with Crippen LogP contribution >= 0.6 is 0 Å². The number of carbonyl (C=O) groups is 3. The number of amides is 2. The molecule has 1 saturated heterocycles. The minimum absolute atomic E-state index is 0.216. The van der Waals surface area contributed by atoms with Crippen LogP contribution in [0.25, 0.3) is 5.57 Å². The van der Waals surface area contributed by atoms with Crippen molar-refractivity contribution in [3.8, 4) is 0 Å². The Morgan fingerprint density at radius 3 is 2.38 bits per heavy atom. The van der Waals surface area contributed by atoms with E-state index in [-0.39, 0.29) is 23.7 Å². The number of ketones is 1. The van der Waals surface area contributed by atoms with Gasteiger partial charge in [0, 0.05) is 17.6 Å². The van der Waals surface area contributed by atoms with Gasteiger partial charge >= 0.3 is 0 Å². The van der Waals surface area contributed by atoms with Gasteiger partial charge in [-0.1, -0.05) is 43.0 Å². The first kappa shape index (κ1) is 14.9. The summed E-state index contributed by atoms with van der Waals surface area (Å²) in [6.45, 7) is 9.46. The van der Waals surface area contributed by atoms with Gasteiger partial charge in [-0.3, -0.25) is 19.7 Å². The van der Waals surface area contributed by atoms with Gasteiger partial charge in [-0.25, -0.2) is 0 Å². The molecular weight excluding hydrogens is 266 g/mol. The van der Waals surface area contributed by atoms with Crippen LogP contribution in [0.3, 0.4) is 0 Å². The molecule has 108 valence electrons. The van der Waals surface area contributed by atoms with Crippen LogP contribution in [-0.2, 0) is 9.59 Å². The molecule has 1 heterocycles. The molecule has 0 spiro atoms. The number of carbonyl (C=O) groups excluding carboxylic acids is 3. The van der Waals surface area contributed by atoms with E-state index >= 15 is 0 Å². The average molecular weight is 283 g/mol. The second-order valence-corrected chi connectivity index (χ2v) is 5.18. The van der Waals surface area contributed by atoms with Crippen LogP contribution in [0, 0.1) is 5.92 Å². The summed E-state index contributed by atoms with van der Waals surface area (Å²) in [4.78, 5) is 35.6. The normalized spacial score (nSPS) is 18.0. The minimum Gasteiger partial charge on any atom is -0.296 e. The maximum atomic E-state index is 12.6. The SMILES string of the molecule is C=C(C)c1ccccc1C(=O)C(=C)C1CCC(=O)NC1=O. The first-order chi connectivity index (χ1) is 9.91. The second kappa shape index (κ2) is 5.87. The van der Waals surface area contributed by atoms with Crippen LogP contribution in [0.15, 0.2) is 43.0 Å². The number of hydrogen-bond acceptors (Lipinski definition) is 3. The van der Waals surface area contributed by atoms with Gasteiger partial charge < -0.3 is 0 Å². The van der Waals surface area contributed by atoms with Gasteiger partial charge in [0.2, 0.25) is 11.8 Å². The average Bonchev–Trinajstić information content (AvgIpc) is 2.45. The summed E-state index contributed by atoms with van der Waals surface area (Å²) in [5, 5.41) is 2.25. The number of piperidine rings is 1. The maximum Gasteiger partial charge on any atom is 0.234 e. The lowest BCUT2D eigenvalue weighted by atomic mass is 9.85. The van der Waals surface area contributed by atoms with Crippen molar-refractivity contribution in [3.63, 3.8) is 0 Å². The smallest absolute Gasteiger partial charge is 0.234 e. The topological polar surface area (TPSA) is 63.2 Å².